The fourth-order valence-electron chi connectivity index (χ4n) is 1.35. The highest BCUT2D eigenvalue weighted by molar-refractivity contribution is 6.18. The summed E-state index contributed by atoms with van der Waals surface area (Å²) in [6.45, 7) is -1.60. The Kier molecular flexibility index (Phi) is 4.95. The summed E-state index contributed by atoms with van der Waals surface area (Å²) in [5.41, 5.74) is -0.00855. The van der Waals surface area contributed by atoms with E-state index in [1.54, 1.807) is 0 Å². The number of rotatable bonds is 4. The van der Waals surface area contributed by atoms with Crippen molar-refractivity contribution in [3.05, 3.63) is 35.6 Å². The Morgan fingerprint density at radius 3 is 2.22 bits per heavy atom. The average Bonchev–Trinajstić information content (AvgIpc) is 2.27. The number of hydrogen-bond acceptors (Lipinski definition) is 1. The molecule has 0 bridgehead atoms. The van der Waals surface area contributed by atoms with E-state index < -0.39 is 24.4 Å². The molecule has 0 aromatic heterocycles. The highest BCUT2D eigenvalue weighted by Gasteiger charge is 2.33. The van der Waals surface area contributed by atoms with Gasteiger partial charge in [0.1, 0.15) is 12.4 Å². The van der Waals surface area contributed by atoms with Crippen LogP contribution in [0.2, 0.25) is 0 Å². The third-order valence-corrected chi connectivity index (χ3v) is 2.27. The van der Waals surface area contributed by atoms with Crippen molar-refractivity contribution in [2.75, 3.05) is 19.0 Å². The molecule has 0 spiro atoms. The van der Waals surface area contributed by atoms with E-state index >= 15 is 0 Å². The number of carbonyl (C=O) groups excluding carboxylic acids is 1. The quantitative estimate of drug-likeness (QED) is 0.614. The minimum absolute atomic E-state index is 0.00855. The second-order valence-corrected chi connectivity index (χ2v) is 3.92. The molecule has 1 aromatic carbocycles. The molecule has 0 radical (unpaired) electrons. The second-order valence-electron chi connectivity index (χ2n) is 3.54. The van der Waals surface area contributed by atoms with Crippen LogP contribution in [0.1, 0.15) is 10.4 Å². The summed E-state index contributed by atoms with van der Waals surface area (Å²) in [5, 5.41) is 0. The summed E-state index contributed by atoms with van der Waals surface area (Å²) in [6.07, 6.45) is -4.50. The van der Waals surface area contributed by atoms with Crippen LogP contribution in [0.4, 0.5) is 17.6 Å². The molecule has 0 aliphatic carbocycles. The molecule has 0 atom stereocenters. The Hall–Kier alpha value is -1.30. The van der Waals surface area contributed by atoms with Crippen LogP contribution in [0, 0.1) is 5.82 Å². The number of alkyl halides is 4. The highest BCUT2D eigenvalue weighted by atomic mass is 35.5. The third-order valence-electron chi connectivity index (χ3n) is 2.10. The molecular formula is C11H10ClF4NO. The van der Waals surface area contributed by atoms with Gasteiger partial charge in [0.25, 0.3) is 5.91 Å². The Labute approximate surface area is 106 Å². The second kappa shape index (κ2) is 6.04. The van der Waals surface area contributed by atoms with Crippen molar-refractivity contribution in [2.45, 2.75) is 6.18 Å². The summed E-state index contributed by atoms with van der Waals surface area (Å²) in [4.78, 5) is 12.4. The first-order valence-electron chi connectivity index (χ1n) is 5.01. The standard InChI is InChI=1S/C11H10ClF4NO/c12-5-6-17(7-11(14,15)16)10(18)8-1-3-9(13)4-2-8/h1-4H,5-7H2. The molecule has 0 heterocycles. The van der Waals surface area contributed by atoms with E-state index in [1.165, 1.54) is 0 Å². The van der Waals surface area contributed by atoms with Crippen molar-refractivity contribution < 1.29 is 22.4 Å². The molecule has 0 unspecified atom stereocenters. The Morgan fingerprint density at radius 1 is 1.22 bits per heavy atom. The van der Waals surface area contributed by atoms with Crippen LogP contribution in [0.15, 0.2) is 24.3 Å². The molecule has 0 aliphatic heterocycles. The van der Waals surface area contributed by atoms with Gasteiger partial charge in [0.15, 0.2) is 0 Å². The van der Waals surface area contributed by atoms with Crippen molar-refractivity contribution in [3.8, 4) is 0 Å². The van der Waals surface area contributed by atoms with Gasteiger partial charge in [0.2, 0.25) is 0 Å². The van der Waals surface area contributed by atoms with Crippen LogP contribution in [0.3, 0.4) is 0 Å². The van der Waals surface area contributed by atoms with Crippen LogP contribution in [-0.2, 0) is 0 Å². The largest absolute Gasteiger partial charge is 0.406 e. The normalized spacial score (nSPS) is 11.4. The van der Waals surface area contributed by atoms with Gasteiger partial charge >= 0.3 is 6.18 Å². The first-order chi connectivity index (χ1) is 8.33. The minimum atomic E-state index is -4.50. The van der Waals surface area contributed by atoms with Gasteiger partial charge in [-0.1, -0.05) is 0 Å². The highest BCUT2D eigenvalue weighted by Crippen LogP contribution is 2.18. The molecule has 0 saturated carbocycles. The zero-order chi connectivity index (χ0) is 13.8. The van der Waals surface area contributed by atoms with Crippen molar-refractivity contribution in [3.63, 3.8) is 0 Å². The lowest BCUT2D eigenvalue weighted by Crippen LogP contribution is -2.40. The smallest absolute Gasteiger partial charge is 0.328 e. The van der Waals surface area contributed by atoms with Gasteiger partial charge < -0.3 is 4.90 Å². The van der Waals surface area contributed by atoms with Gasteiger partial charge in [0, 0.05) is 18.0 Å². The van der Waals surface area contributed by atoms with Gasteiger partial charge in [-0.3, -0.25) is 4.79 Å². The molecule has 1 rings (SSSR count). The van der Waals surface area contributed by atoms with E-state index in [4.69, 9.17) is 11.6 Å². The number of amides is 1. The lowest BCUT2D eigenvalue weighted by atomic mass is 10.2. The Balaban J connectivity index is 2.85. The maximum atomic E-state index is 12.6. The molecule has 7 heteroatoms. The van der Waals surface area contributed by atoms with E-state index in [1.807, 2.05) is 0 Å². The average molecular weight is 284 g/mol. The number of carbonyl (C=O) groups is 1. The van der Waals surface area contributed by atoms with Crippen LogP contribution < -0.4 is 0 Å². The number of benzene rings is 1. The molecule has 100 valence electrons. The van der Waals surface area contributed by atoms with Gasteiger partial charge in [0.05, 0.1) is 0 Å². The minimum Gasteiger partial charge on any atom is -0.328 e. The lowest BCUT2D eigenvalue weighted by Gasteiger charge is -2.23. The van der Waals surface area contributed by atoms with Crippen molar-refractivity contribution in [1.82, 2.24) is 4.90 Å². The fourth-order valence-corrected chi connectivity index (χ4v) is 1.55. The SMILES string of the molecule is O=C(c1ccc(F)cc1)N(CCCl)CC(F)(F)F. The van der Waals surface area contributed by atoms with Gasteiger partial charge in [-0.25, -0.2) is 4.39 Å². The summed E-state index contributed by atoms with van der Waals surface area (Å²) in [7, 11) is 0. The van der Waals surface area contributed by atoms with Crippen LogP contribution in [0.25, 0.3) is 0 Å². The molecule has 0 aliphatic rings. The van der Waals surface area contributed by atoms with E-state index in [2.05, 4.69) is 0 Å². The fraction of sp³-hybridized carbons (Fsp3) is 0.364. The monoisotopic (exact) mass is 283 g/mol. The third kappa shape index (κ3) is 4.52. The van der Waals surface area contributed by atoms with E-state index in [-0.39, 0.29) is 18.0 Å². The summed E-state index contributed by atoms with van der Waals surface area (Å²) < 4.78 is 49.5. The number of halogens is 5. The lowest BCUT2D eigenvalue weighted by molar-refractivity contribution is -0.140. The molecule has 0 fully saturated rings. The van der Waals surface area contributed by atoms with E-state index in [9.17, 15) is 22.4 Å². The maximum Gasteiger partial charge on any atom is 0.406 e. The van der Waals surface area contributed by atoms with Crippen LogP contribution in [-0.4, -0.2) is 36.0 Å². The van der Waals surface area contributed by atoms with Crippen molar-refractivity contribution >= 4 is 17.5 Å². The zero-order valence-corrected chi connectivity index (χ0v) is 9.93. The topological polar surface area (TPSA) is 20.3 Å². The molecule has 0 N–H and O–H groups in total. The first-order valence-corrected chi connectivity index (χ1v) is 5.54. The molecule has 1 amide bonds. The maximum absolute atomic E-state index is 12.6. The predicted molar refractivity (Wildman–Crippen MR) is 59.1 cm³/mol. The Bertz CT molecular complexity index is 404. The summed E-state index contributed by atoms with van der Waals surface area (Å²) >= 11 is 5.36. The van der Waals surface area contributed by atoms with E-state index in [0.717, 1.165) is 24.3 Å². The van der Waals surface area contributed by atoms with E-state index in [0.29, 0.717) is 4.90 Å². The number of hydrogen-bond donors (Lipinski definition) is 0. The Morgan fingerprint density at radius 2 is 1.78 bits per heavy atom. The van der Waals surface area contributed by atoms with Gasteiger partial charge in [-0.05, 0) is 24.3 Å². The van der Waals surface area contributed by atoms with Crippen molar-refractivity contribution in [1.29, 1.82) is 0 Å². The molecule has 0 saturated heterocycles. The molecule has 18 heavy (non-hydrogen) atoms. The van der Waals surface area contributed by atoms with Crippen molar-refractivity contribution in [2.24, 2.45) is 0 Å². The summed E-state index contributed by atoms with van der Waals surface area (Å²) in [5.74, 6) is -1.50. The molecule has 2 nitrogen and oxygen atoms in total. The summed E-state index contributed by atoms with van der Waals surface area (Å²) in [6, 6.07) is 4.30. The van der Waals surface area contributed by atoms with Crippen LogP contribution in [0.5, 0.6) is 0 Å². The molecule has 1 aromatic rings. The zero-order valence-electron chi connectivity index (χ0n) is 9.18. The van der Waals surface area contributed by atoms with Gasteiger partial charge in [-0.15, -0.1) is 11.6 Å². The first kappa shape index (κ1) is 14.8. The molecular weight excluding hydrogens is 274 g/mol. The van der Waals surface area contributed by atoms with Crippen LogP contribution >= 0.6 is 11.6 Å². The number of nitrogens with zero attached hydrogens (tertiary/aromatic N) is 1. The predicted octanol–water partition coefficient (Wildman–Crippen LogP) is 3.07. The van der Waals surface area contributed by atoms with Gasteiger partial charge in [-0.2, -0.15) is 13.2 Å².